The van der Waals surface area contributed by atoms with Gasteiger partial charge < -0.3 is 4.90 Å². The molecule has 2 fully saturated rings. The van der Waals surface area contributed by atoms with Crippen LogP contribution in [0.4, 0.5) is 4.39 Å². The molecule has 4 rings (SSSR count). The number of hydrogen-bond donors (Lipinski definition) is 0. The maximum Gasteiger partial charge on any atom is 0.272 e. The lowest BCUT2D eigenvalue weighted by molar-refractivity contribution is 0.0769. The average molecular weight is 306 g/mol. The van der Waals surface area contributed by atoms with Crippen LogP contribution < -0.4 is 0 Å². The van der Waals surface area contributed by atoms with Gasteiger partial charge in [0.25, 0.3) is 5.91 Å². The van der Waals surface area contributed by atoms with Gasteiger partial charge in [0.15, 0.2) is 0 Å². The summed E-state index contributed by atoms with van der Waals surface area (Å²) in [6.45, 7) is 1.73. The minimum absolute atomic E-state index is 0.00170. The van der Waals surface area contributed by atoms with Gasteiger partial charge >= 0.3 is 0 Å². The van der Waals surface area contributed by atoms with Crippen LogP contribution in [0.15, 0.2) is 42.6 Å². The number of rotatable bonds is 1. The largest absolute Gasteiger partial charge is 0.337 e. The van der Waals surface area contributed by atoms with Gasteiger partial charge in [-0.1, -0.05) is 17.9 Å². The normalized spacial score (nSPS) is 21.3. The molecule has 3 nitrogen and oxygen atoms in total. The molecule has 2 atom stereocenters. The Morgan fingerprint density at radius 1 is 1.13 bits per heavy atom. The topological polar surface area (TPSA) is 33.2 Å². The number of halogens is 1. The van der Waals surface area contributed by atoms with Crippen molar-refractivity contribution in [3.8, 4) is 11.8 Å². The van der Waals surface area contributed by atoms with Gasteiger partial charge in [0.2, 0.25) is 0 Å². The molecular formula is C19H15FN2O. The van der Waals surface area contributed by atoms with Crippen molar-refractivity contribution in [2.75, 3.05) is 13.1 Å². The van der Waals surface area contributed by atoms with Crippen LogP contribution in [-0.2, 0) is 0 Å². The lowest BCUT2D eigenvalue weighted by Gasteiger charge is -2.17. The highest BCUT2D eigenvalue weighted by Crippen LogP contribution is 2.45. The highest BCUT2D eigenvalue weighted by Gasteiger charge is 2.46. The molecule has 0 spiro atoms. The quantitative estimate of drug-likeness (QED) is 0.759. The Kier molecular flexibility index (Phi) is 3.34. The molecule has 2 aliphatic rings. The van der Waals surface area contributed by atoms with Crippen molar-refractivity contribution in [1.82, 2.24) is 9.88 Å². The predicted octanol–water partition coefficient (Wildman–Crippen LogP) is 2.71. The summed E-state index contributed by atoms with van der Waals surface area (Å²) in [6, 6.07) is 9.64. The van der Waals surface area contributed by atoms with E-state index in [-0.39, 0.29) is 11.7 Å². The average Bonchev–Trinajstić information content (AvgIpc) is 3.18. The van der Waals surface area contributed by atoms with E-state index in [1.54, 1.807) is 30.5 Å². The second-order valence-corrected chi connectivity index (χ2v) is 6.16. The van der Waals surface area contributed by atoms with Crippen LogP contribution >= 0.6 is 0 Å². The molecule has 4 heteroatoms. The van der Waals surface area contributed by atoms with Crippen LogP contribution in [0.3, 0.4) is 0 Å². The zero-order valence-corrected chi connectivity index (χ0v) is 12.5. The van der Waals surface area contributed by atoms with Gasteiger partial charge in [0, 0.05) is 30.4 Å². The third-order valence-corrected chi connectivity index (χ3v) is 4.42. The number of carbonyl (C=O) groups is 1. The summed E-state index contributed by atoms with van der Waals surface area (Å²) in [7, 11) is 0. The Hall–Kier alpha value is -2.67. The fourth-order valence-electron chi connectivity index (χ4n) is 3.03. The maximum absolute atomic E-state index is 13.1. The van der Waals surface area contributed by atoms with E-state index in [9.17, 15) is 9.18 Å². The van der Waals surface area contributed by atoms with E-state index in [4.69, 9.17) is 0 Å². The summed E-state index contributed by atoms with van der Waals surface area (Å²) in [5, 5.41) is 0. The zero-order chi connectivity index (χ0) is 15.8. The molecule has 0 bridgehead atoms. The number of carbonyl (C=O) groups excluding carboxylic acids is 1. The van der Waals surface area contributed by atoms with E-state index in [2.05, 4.69) is 16.8 Å². The summed E-state index contributed by atoms with van der Waals surface area (Å²) < 4.78 is 13.1. The number of pyridine rings is 1. The Balaban J connectivity index is 1.47. The Bertz CT molecular complexity index is 809. The monoisotopic (exact) mass is 306 g/mol. The Labute approximate surface area is 134 Å². The highest BCUT2D eigenvalue weighted by atomic mass is 19.1. The predicted molar refractivity (Wildman–Crippen MR) is 84.1 cm³/mol. The first kappa shape index (κ1) is 14.0. The number of aromatic nitrogens is 1. The second kappa shape index (κ2) is 5.51. The first-order chi connectivity index (χ1) is 11.2. The van der Waals surface area contributed by atoms with Gasteiger partial charge in [-0.3, -0.25) is 4.79 Å². The van der Waals surface area contributed by atoms with E-state index in [1.165, 1.54) is 18.6 Å². The van der Waals surface area contributed by atoms with Gasteiger partial charge in [-0.25, -0.2) is 9.37 Å². The third-order valence-electron chi connectivity index (χ3n) is 4.42. The molecule has 23 heavy (non-hydrogen) atoms. The lowest BCUT2D eigenvalue weighted by Crippen LogP contribution is -2.30. The van der Waals surface area contributed by atoms with Crippen molar-refractivity contribution in [2.45, 2.75) is 6.42 Å². The van der Waals surface area contributed by atoms with Crippen LogP contribution in [-0.4, -0.2) is 28.9 Å². The molecule has 1 saturated heterocycles. The van der Waals surface area contributed by atoms with Crippen LogP contribution in [0.2, 0.25) is 0 Å². The first-order valence-electron chi connectivity index (χ1n) is 7.72. The van der Waals surface area contributed by atoms with Crippen molar-refractivity contribution in [3.63, 3.8) is 0 Å². The standard InChI is InChI=1S/C19H15FN2O/c20-17-3-1-2-13(8-17)4-5-14-6-7-18(21-10-14)19(23)22-11-15-9-16(15)12-22/h1-3,6-8,10,15-16H,9,11-12H2. The molecule has 2 aromatic rings. The molecule has 1 aliphatic heterocycles. The minimum Gasteiger partial charge on any atom is -0.337 e. The van der Waals surface area contributed by atoms with Gasteiger partial charge in [0.1, 0.15) is 11.5 Å². The molecule has 0 radical (unpaired) electrons. The summed E-state index contributed by atoms with van der Waals surface area (Å²) in [5.74, 6) is 6.96. The SMILES string of the molecule is O=C(c1ccc(C#Cc2cccc(F)c2)cn1)N1CC2CC2C1. The van der Waals surface area contributed by atoms with Crippen LogP contribution in [0.25, 0.3) is 0 Å². The molecular weight excluding hydrogens is 291 g/mol. The minimum atomic E-state index is -0.306. The lowest BCUT2D eigenvalue weighted by atomic mass is 10.2. The van der Waals surface area contributed by atoms with Crippen molar-refractivity contribution in [1.29, 1.82) is 0 Å². The number of fused-ring (bicyclic) bond motifs is 1. The molecule has 114 valence electrons. The molecule has 1 amide bonds. The van der Waals surface area contributed by atoms with E-state index in [1.807, 2.05) is 4.90 Å². The number of benzene rings is 1. The number of piperidine rings is 1. The molecule has 1 aromatic carbocycles. The van der Waals surface area contributed by atoms with Gasteiger partial charge in [-0.05, 0) is 48.6 Å². The number of likely N-dealkylation sites (tertiary alicyclic amines) is 1. The van der Waals surface area contributed by atoms with E-state index < -0.39 is 0 Å². The summed E-state index contributed by atoms with van der Waals surface area (Å²) in [4.78, 5) is 18.4. The number of nitrogens with zero attached hydrogens (tertiary/aromatic N) is 2. The fourth-order valence-corrected chi connectivity index (χ4v) is 3.03. The first-order valence-corrected chi connectivity index (χ1v) is 7.72. The summed E-state index contributed by atoms with van der Waals surface area (Å²) in [6.07, 6.45) is 2.86. The number of amides is 1. The van der Waals surface area contributed by atoms with Crippen molar-refractivity contribution in [2.24, 2.45) is 11.8 Å². The van der Waals surface area contributed by atoms with E-state index in [0.717, 1.165) is 24.9 Å². The second-order valence-electron chi connectivity index (χ2n) is 6.16. The molecule has 2 heterocycles. The molecule has 2 unspecified atom stereocenters. The van der Waals surface area contributed by atoms with Crippen LogP contribution in [0.5, 0.6) is 0 Å². The molecule has 0 N–H and O–H groups in total. The third kappa shape index (κ3) is 2.95. The van der Waals surface area contributed by atoms with Crippen molar-refractivity contribution >= 4 is 5.91 Å². The van der Waals surface area contributed by atoms with Gasteiger partial charge in [-0.15, -0.1) is 0 Å². The zero-order valence-electron chi connectivity index (χ0n) is 12.5. The fraction of sp³-hybridized carbons (Fsp3) is 0.263. The summed E-state index contributed by atoms with van der Waals surface area (Å²) >= 11 is 0. The van der Waals surface area contributed by atoms with Crippen LogP contribution in [0.1, 0.15) is 28.0 Å². The van der Waals surface area contributed by atoms with Crippen LogP contribution in [0, 0.1) is 29.5 Å². The van der Waals surface area contributed by atoms with Gasteiger partial charge in [0.05, 0.1) is 0 Å². The highest BCUT2D eigenvalue weighted by molar-refractivity contribution is 5.92. The summed E-state index contributed by atoms with van der Waals surface area (Å²) in [5.41, 5.74) is 1.78. The smallest absolute Gasteiger partial charge is 0.272 e. The molecule has 1 aromatic heterocycles. The van der Waals surface area contributed by atoms with E-state index in [0.29, 0.717) is 16.8 Å². The maximum atomic E-state index is 13.1. The Morgan fingerprint density at radius 2 is 1.91 bits per heavy atom. The van der Waals surface area contributed by atoms with Crippen molar-refractivity contribution < 1.29 is 9.18 Å². The number of hydrogen-bond acceptors (Lipinski definition) is 2. The van der Waals surface area contributed by atoms with Gasteiger partial charge in [-0.2, -0.15) is 0 Å². The Morgan fingerprint density at radius 3 is 2.61 bits per heavy atom. The van der Waals surface area contributed by atoms with E-state index >= 15 is 0 Å². The molecule has 1 saturated carbocycles. The molecule has 1 aliphatic carbocycles. The van der Waals surface area contributed by atoms with Crippen molar-refractivity contribution in [3.05, 3.63) is 65.2 Å².